The molecule has 0 N–H and O–H groups in total. The summed E-state index contributed by atoms with van der Waals surface area (Å²) >= 11 is 0. The normalized spacial score (nSPS) is 8.07. The molecule has 0 bridgehead atoms. The van der Waals surface area contributed by atoms with Gasteiger partial charge in [0.1, 0.15) is 0 Å². The van der Waals surface area contributed by atoms with Crippen molar-refractivity contribution in [1.29, 1.82) is 0 Å². The quantitative estimate of drug-likeness (QED) is 0.608. The van der Waals surface area contributed by atoms with E-state index in [0.29, 0.717) is 12.2 Å². The molecule has 0 unspecified atom stereocenters. The second-order valence-electron chi connectivity index (χ2n) is 2.42. The van der Waals surface area contributed by atoms with E-state index < -0.39 is 0 Å². The van der Waals surface area contributed by atoms with Crippen molar-refractivity contribution in [2.75, 3.05) is 6.61 Å². The molecule has 0 spiro atoms. The molecule has 1 aromatic rings. The van der Waals surface area contributed by atoms with E-state index in [1.165, 1.54) is 0 Å². The number of carbonyl (C=O) groups is 1. The molecule has 1 radical (unpaired) electrons. The van der Waals surface area contributed by atoms with E-state index in [1.54, 1.807) is 31.2 Å². The Hall–Kier alpha value is -0.336. The van der Waals surface area contributed by atoms with Crippen LogP contribution in [-0.2, 0) is 37.4 Å². The van der Waals surface area contributed by atoms with Crippen LogP contribution in [0, 0.1) is 14.4 Å². The first-order valence-corrected chi connectivity index (χ1v) is 3.83. The van der Waals surface area contributed by atoms with E-state index in [4.69, 9.17) is 4.74 Å². The summed E-state index contributed by atoms with van der Waals surface area (Å²) in [6, 6.07) is 6.99. The molecule has 2 nitrogen and oxygen atoms in total. The fourth-order valence-electron chi connectivity index (χ4n) is 0.855. The maximum atomic E-state index is 11.1. The third kappa shape index (κ3) is 4.78. The van der Waals surface area contributed by atoms with Gasteiger partial charge in [0, 0.05) is 38.3 Å². The number of hydrogen-bond acceptors (Lipinski definition) is 2. The van der Waals surface area contributed by atoms with Crippen molar-refractivity contribution in [3.63, 3.8) is 0 Å². The van der Waals surface area contributed by atoms with Gasteiger partial charge in [-0.15, -0.1) is 12.1 Å². The van der Waals surface area contributed by atoms with Crippen LogP contribution >= 0.6 is 0 Å². The molecule has 14 heavy (non-hydrogen) atoms. The van der Waals surface area contributed by atoms with Gasteiger partial charge in [-0.1, -0.05) is 0 Å². The van der Waals surface area contributed by atoms with Gasteiger partial charge in [0.05, 0.1) is 6.61 Å². The predicted octanol–water partition coefficient (Wildman–Crippen LogP) is 2.49. The Labute approximate surface area is 111 Å². The van der Waals surface area contributed by atoms with Gasteiger partial charge in [0.2, 0.25) is 0 Å². The Balaban J connectivity index is 0. The van der Waals surface area contributed by atoms with Crippen LogP contribution in [0.3, 0.4) is 0 Å². The second-order valence-corrected chi connectivity index (χ2v) is 2.42. The van der Waals surface area contributed by atoms with Gasteiger partial charge in [-0.3, -0.25) is 0 Å². The summed E-state index contributed by atoms with van der Waals surface area (Å²) in [4.78, 5) is 11.1. The Morgan fingerprint density at radius 1 is 1.36 bits per heavy atom. The minimum atomic E-state index is -0.280. The number of ether oxygens (including phenoxy) is 1. The molecule has 0 aliphatic rings. The Kier molecular flexibility index (Phi) is 9.22. The van der Waals surface area contributed by atoms with Gasteiger partial charge in [0.25, 0.3) is 0 Å². The van der Waals surface area contributed by atoms with Crippen LogP contribution in [0.4, 0.5) is 0 Å². The Bertz CT molecular complexity index is 267. The molecule has 75 valence electrons. The van der Waals surface area contributed by atoms with E-state index in [-0.39, 0.29) is 46.1 Å². The van der Waals surface area contributed by atoms with Crippen molar-refractivity contribution >= 4 is 5.97 Å². The number of carbonyl (C=O) groups excluding carboxylic acids is 1. The fourth-order valence-corrected chi connectivity index (χ4v) is 0.855. The minimum absolute atomic E-state index is 0. The van der Waals surface area contributed by atoms with E-state index in [9.17, 15) is 4.79 Å². The van der Waals surface area contributed by atoms with Gasteiger partial charge >= 0.3 is 5.97 Å². The molecule has 0 saturated carbocycles. The molecule has 1 aromatic carbocycles. The molecule has 0 aromatic heterocycles. The van der Waals surface area contributed by atoms with Crippen LogP contribution in [0.25, 0.3) is 0 Å². The van der Waals surface area contributed by atoms with E-state index >= 15 is 0 Å². The zero-order valence-corrected chi connectivity index (χ0v) is 11.5. The SMILES string of the molecule is [CH2-]c1ccc(C(=O)OCC)cc1.[CH3-].[Y]. The van der Waals surface area contributed by atoms with Crippen molar-refractivity contribution < 1.29 is 42.2 Å². The third-order valence-electron chi connectivity index (χ3n) is 1.47. The summed E-state index contributed by atoms with van der Waals surface area (Å²) in [5, 5.41) is 0. The zero-order chi connectivity index (χ0) is 8.97. The molecule has 0 fully saturated rings. The van der Waals surface area contributed by atoms with Crippen LogP contribution in [-0.4, -0.2) is 12.6 Å². The summed E-state index contributed by atoms with van der Waals surface area (Å²) in [5.41, 5.74) is 1.47. The smallest absolute Gasteiger partial charge is 0.335 e. The zero-order valence-electron chi connectivity index (χ0n) is 8.62. The average molecular weight is 267 g/mol. The molecule has 0 aliphatic carbocycles. The molecule has 0 saturated heterocycles. The molecule has 1 rings (SSSR count). The van der Waals surface area contributed by atoms with E-state index in [1.807, 2.05) is 0 Å². The number of rotatable bonds is 2. The first-order valence-electron chi connectivity index (χ1n) is 3.83. The summed E-state index contributed by atoms with van der Waals surface area (Å²) in [6.45, 7) is 5.91. The number of esters is 1. The van der Waals surface area contributed by atoms with Crippen LogP contribution in [0.1, 0.15) is 22.8 Å². The topological polar surface area (TPSA) is 26.3 Å². The Morgan fingerprint density at radius 3 is 2.29 bits per heavy atom. The molecule has 0 heterocycles. The van der Waals surface area contributed by atoms with E-state index in [0.717, 1.165) is 5.56 Å². The Morgan fingerprint density at radius 2 is 1.86 bits per heavy atom. The summed E-state index contributed by atoms with van der Waals surface area (Å²) < 4.78 is 4.81. The maximum absolute atomic E-state index is 11.1. The molecule has 0 amide bonds. The average Bonchev–Trinajstić information content (AvgIpc) is 2.06. The fraction of sp³-hybridized carbons (Fsp3) is 0.182. The van der Waals surface area contributed by atoms with E-state index in [2.05, 4.69) is 6.92 Å². The summed E-state index contributed by atoms with van der Waals surface area (Å²) in [6.07, 6.45) is 0. The molecular formula is C11H14O2Y-2. The third-order valence-corrected chi connectivity index (χ3v) is 1.47. The van der Waals surface area contributed by atoms with Gasteiger partial charge in [-0.25, -0.2) is 4.79 Å². The molecule has 3 heteroatoms. The van der Waals surface area contributed by atoms with Crippen LogP contribution in [0.15, 0.2) is 24.3 Å². The molecule has 0 aliphatic heterocycles. The first-order chi connectivity index (χ1) is 5.74. The van der Waals surface area contributed by atoms with Crippen LogP contribution in [0.5, 0.6) is 0 Å². The van der Waals surface area contributed by atoms with Crippen LogP contribution in [0.2, 0.25) is 0 Å². The largest absolute Gasteiger partial charge is 0.462 e. The molecular weight excluding hydrogens is 253 g/mol. The van der Waals surface area contributed by atoms with Crippen molar-refractivity contribution in [3.05, 3.63) is 49.7 Å². The molecule has 0 atom stereocenters. The second kappa shape index (κ2) is 8.01. The maximum Gasteiger partial charge on any atom is 0.335 e. The van der Waals surface area contributed by atoms with Gasteiger partial charge in [-0.2, -0.15) is 24.6 Å². The summed E-state index contributed by atoms with van der Waals surface area (Å²) in [5.74, 6) is -0.280. The first kappa shape index (κ1) is 16.1. The number of benzene rings is 1. The van der Waals surface area contributed by atoms with Crippen molar-refractivity contribution in [2.45, 2.75) is 6.92 Å². The van der Waals surface area contributed by atoms with Gasteiger partial charge < -0.3 is 12.2 Å². The van der Waals surface area contributed by atoms with Crippen molar-refractivity contribution in [3.8, 4) is 0 Å². The van der Waals surface area contributed by atoms with Crippen molar-refractivity contribution in [1.82, 2.24) is 0 Å². The van der Waals surface area contributed by atoms with Gasteiger partial charge in [-0.05, 0) is 6.92 Å². The minimum Gasteiger partial charge on any atom is -0.462 e. The van der Waals surface area contributed by atoms with Crippen LogP contribution < -0.4 is 0 Å². The van der Waals surface area contributed by atoms with Gasteiger partial charge in [0.15, 0.2) is 0 Å². The monoisotopic (exact) mass is 267 g/mol. The standard InChI is InChI=1S/C10H11O2.CH3.Y/c1-3-12-10(11)9-6-4-8(2)5-7-9;;/h4-7H,2-3H2,1H3;1H3;/q2*-1;. The predicted molar refractivity (Wildman–Crippen MR) is 53.3 cm³/mol. The number of hydrogen-bond donors (Lipinski definition) is 0. The summed E-state index contributed by atoms with van der Waals surface area (Å²) in [7, 11) is 0. The van der Waals surface area contributed by atoms with Crippen molar-refractivity contribution in [2.24, 2.45) is 0 Å².